The molecule has 1 aliphatic rings. The molecule has 2 N–H and O–H groups in total. The number of piperazine rings is 1. The Morgan fingerprint density at radius 1 is 1.04 bits per heavy atom. The summed E-state index contributed by atoms with van der Waals surface area (Å²) in [6.07, 6.45) is 0. The predicted octanol–water partition coefficient (Wildman–Crippen LogP) is 1.01. The molecule has 9 nitrogen and oxygen atoms in total. The van der Waals surface area contributed by atoms with E-state index in [1.807, 2.05) is 19.1 Å². The van der Waals surface area contributed by atoms with E-state index in [0.717, 1.165) is 31.9 Å². The van der Waals surface area contributed by atoms with Crippen molar-refractivity contribution in [2.75, 3.05) is 68.2 Å². The summed E-state index contributed by atoms with van der Waals surface area (Å²) < 4.78 is 10.7. The lowest BCUT2D eigenvalue weighted by atomic mass is 10.2. The van der Waals surface area contributed by atoms with Crippen molar-refractivity contribution in [1.29, 1.82) is 0 Å². The van der Waals surface area contributed by atoms with Gasteiger partial charge in [0, 0.05) is 38.4 Å². The van der Waals surface area contributed by atoms with Crippen LogP contribution in [-0.2, 0) is 0 Å². The van der Waals surface area contributed by atoms with E-state index in [2.05, 4.69) is 42.2 Å². The van der Waals surface area contributed by atoms with Crippen molar-refractivity contribution in [3.05, 3.63) is 24.3 Å². The second kappa shape index (κ2) is 9.22. The number of methoxy groups -OCH3 is 1. The Kier molecular flexibility index (Phi) is 6.48. The third kappa shape index (κ3) is 4.88. The molecule has 146 valence electrons. The fourth-order valence-corrected chi connectivity index (χ4v) is 2.89. The molecular formula is C18H26N6O3. The van der Waals surface area contributed by atoms with Crippen molar-refractivity contribution < 1.29 is 14.6 Å². The Balaban J connectivity index is 1.67. The van der Waals surface area contributed by atoms with Gasteiger partial charge in [0.2, 0.25) is 11.9 Å². The van der Waals surface area contributed by atoms with E-state index in [4.69, 9.17) is 14.6 Å². The smallest absolute Gasteiger partial charge is 0.323 e. The largest absolute Gasteiger partial charge is 0.497 e. The Bertz CT molecular complexity index is 720. The van der Waals surface area contributed by atoms with Crippen molar-refractivity contribution in [2.45, 2.75) is 6.92 Å². The van der Waals surface area contributed by atoms with Gasteiger partial charge in [0.25, 0.3) is 0 Å². The number of aliphatic hydroxyl groups excluding tert-OH is 1. The summed E-state index contributed by atoms with van der Waals surface area (Å²) in [5, 5.41) is 12.0. The highest BCUT2D eigenvalue weighted by Gasteiger charge is 2.21. The first-order chi connectivity index (χ1) is 13.2. The zero-order chi connectivity index (χ0) is 19.1. The molecule has 2 heterocycles. The molecule has 0 atom stereocenters. The normalized spacial score (nSPS) is 14.2. The van der Waals surface area contributed by atoms with Gasteiger partial charge in [-0.15, -0.1) is 0 Å². The van der Waals surface area contributed by atoms with Gasteiger partial charge in [-0.25, -0.2) is 0 Å². The molecule has 0 amide bonds. The molecule has 0 aliphatic carbocycles. The van der Waals surface area contributed by atoms with Gasteiger partial charge in [-0.3, -0.25) is 0 Å². The van der Waals surface area contributed by atoms with E-state index in [1.54, 1.807) is 7.11 Å². The standard InChI is InChI=1S/C18H26N6O3/c1-3-27-18-21-16(19-8-13-25)20-17(22-18)24-11-9-23(10-12-24)14-4-6-15(26-2)7-5-14/h4-7,25H,3,8-13H2,1-2H3,(H,19,20,21,22). The lowest BCUT2D eigenvalue weighted by Gasteiger charge is -2.36. The van der Waals surface area contributed by atoms with Crippen LogP contribution >= 0.6 is 0 Å². The summed E-state index contributed by atoms with van der Waals surface area (Å²) in [5.41, 5.74) is 1.17. The Hall–Kier alpha value is -2.81. The molecule has 9 heteroatoms. The summed E-state index contributed by atoms with van der Waals surface area (Å²) >= 11 is 0. The number of nitrogens with zero attached hydrogens (tertiary/aromatic N) is 5. The number of hydrogen-bond acceptors (Lipinski definition) is 9. The number of nitrogens with one attached hydrogen (secondary N) is 1. The van der Waals surface area contributed by atoms with Crippen molar-refractivity contribution in [3.8, 4) is 11.8 Å². The second-order valence-corrected chi connectivity index (χ2v) is 6.00. The van der Waals surface area contributed by atoms with Crippen LogP contribution < -0.4 is 24.6 Å². The molecule has 1 aromatic heterocycles. The van der Waals surface area contributed by atoms with E-state index in [9.17, 15) is 0 Å². The fraction of sp³-hybridized carbons (Fsp3) is 0.500. The summed E-state index contributed by atoms with van der Waals surface area (Å²) in [4.78, 5) is 17.5. The third-order valence-electron chi connectivity index (χ3n) is 4.27. The Morgan fingerprint density at radius 2 is 1.74 bits per heavy atom. The van der Waals surface area contributed by atoms with Gasteiger partial charge in [-0.2, -0.15) is 15.0 Å². The highest BCUT2D eigenvalue weighted by molar-refractivity contribution is 5.51. The van der Waals surface area contributed by atoms with Crippen LogP contribution in [0.3, 0.4) is 0 Å². The molecule has 1 fully saturated rings. The number of aromatic nitrogens is 3. The zero-order valence-electron chi connectivity index (χ0n) is 15.8. The molecule has 2 aromatic rings. The number of hydrogen-bond donors (Lipinski definition) is 2. The van der Waals surface area contributed by atoms with Gasteiger partial charge in [-0.1, -0.05) is 0 Å². The summed E-state index contributed by atoms with van der Waals surface area (Å²) in [7, 11) is 1.67. The maximum absolute atomic E-state index is 9.00. The van der Waals surface area contributed by atoms with Crippen LogP contribution in [-0.4, -0.2) is 73.1 Å². The molecule has 3 rings (SSSR count). The van der Waals surface area contributed by atoms with E-state index in [1.165, 1.54) is 5.69 Å². The highest BCUT2D eigenvalue weighted by atomic mass is 16.5. The van der Waals surface area contributed by atoms with E-state index >= 15 is 0 Å². The summed E-state index contributed by atoms with van der Waals surface area (Å²) in [6.45, 7) is 6.06. The average molecular weight is 374 g/mol. The van der Waals surface area contributed by atoms with Crippen LogP contribution in [0.2, 0.25) is 0 Å². The van der Waals surface area contributed by atoms with Crippen molar-refractivity contribution in [2.24, 2.45) is 0 Å². The quantitative estimate of drug-likeness (QED) is 0.702. The van der Waals surface area contributed by atoms with E-state index in [0.29, 0.717) is 31.1 Å². The molecule has 1 aliphatic heterocycles. The van der Waals surface area contributed by atoms with Gasteiger partial charge in [0.05, 0.1) is 20.3 Å². The van der Waals surface area contributed by atoms with Gasteiger partial charge < -0.3 is 29.7 Å². The Labute approximate surface area is 159 Å². The molecule has 0 unspecified atom stereocenters. The van der Waals surface area contributed by atoms with Crippen LogP contribution in [0.25, 0.3) is 0 Å². The highest BCUT2D eigenvalue weighted by Crippen LogP contribution is 2.22. The predicted molar refractivity (Wildman–Crippen MR) is 104 cm³/mol. The van der Waals surface area contributed by atoms with Gasteiger partial charge in [0.1, 0.15) is 5.75 Å². The van der Waals surface area contributed by atoms with Gasteiger partial charge >= 0.3 is 6.01 Å². The second-order valence-electron chi connectivity index (χ2n) is 6.00. The number of ether oxygens (including phenoxy) is 2. The first-order valence-corrected chi connectivity index (χ1v) is 9.11. The molecule has 0 bridgehead atoms. The molecular weight excluding hydrogens is 348 g/mol. The Morgan fingerprint density at radius 3 is 2.37 bits per heavy atom. The minimum atomic E-state index is 0.00548. The lowest BCUT2D eigenvalue weighted by Crippen LogP contribution is -2.47. The van der Waals surface area contributed by atoms with Crippen molar-refractivity contribution >= 4 is 17.6 Å². The molecule has 1 saturated heterocycles. The van der Waals surface area contributed by atoms with Gasteiger partial charge in [-0.05, 0) is 31.2 Å². The SMILES string of the molecule is CCOc1nc(NCCO)nc(N2CCN(c3ccc(OC)cc3)CC2)n1. The minimum Gasteiger partial charge on any atom is -0.497 e. The number of aliphatic hydroxyl groups is 1. The maximum Gasteiger partial charge on any atom is 0.323 e. The molecule has 0 saturated carbocycles. The fourth-order valence-electron chi connectivity index (χ4n) is 2.89. The van der Waals surface area contributed by atoms with E-state index in [-0.39, 0.29) is 6.61 Å². The summed E-state index contributed by atoms with van der Waals surface area (Å²) in [5.74, 6) is 1.85. The average Bonchev–Trinajstić information content (AvgIpc) is 2.72. The molecule has 0 radical (unpaired) electrons. The summed E-state index contributed by atoms with van der Waals surface area (Å²) in [6, 6.07) is 8.38. The monoisotopic (exact) mass is 374 g/mol. The van der Waals surface area contributed by atoms with Crippen LogP contribution in [0.5, 0.6) is 11.8 Å². The number of benzene rings is 1. The van der Waals surface area contributed by atoms with Gasteiger partial charge in [0.15, 0.2) is 0 Å². The zero-order valence-corrected chi connectivity index (χ0v) is 15.8. The van der Waals surface area contributed by atoms with Crippen LogP contribution in [0.1, 0.15) is 6.92 Å². The van der Waals surface area contributed by atoms with E-state index < -0.39 is 0 Å². The number of rotatable bonds is 8. The maximum atomic E-state index is 9.00. The van der Waals surface area contributed by atoms with Crippen LogP contribution in [0, 0.1) is 0 Å². The third-order valence-corrected chi connectivity index (χ3v) is 4.27. The molecule has 27 heavy (non-hydrogen) atoms. The molecule has 1 aromatic carbocycles. The van der Waals surface area contributed by atoms with Crippen LogP contribution in [0.4, 0.5) is 17.6 Å². The van der Waals surface area contributed by atoms with Crippen molar-refractivity contribution in [3.63, 3.8) is 0 Å². The van der Waals surface area contributed by atoms with Crippen molar-refractivity contribution in [1.82, 2.24) is 15.0 Å². The topological polar surface area (TPSA) is 95.9 Å². The number of anilines is 3. The first kappa shape index (κ1) is 19.0. The first-order valence-electron chi connectivity index (χ1n) is 9.11. The van der Waals surface area contributed by atoms with Crippen LogP contribution in [0.15, 0.2) is 24.3 Å². The minimum absolute atomic E-state index is 0.00548. The molecule has 0 spiro atoms. The lowest BCUT2D eigenvalue weighted by molar-refractivity contribution is 0.307.